The summed E-state index contributed by atoms with van der Waals surface area (Å²) in [5.74, 6) is -1.05. The Hall–Kier alpha value is -2.39. The molecule has 1 saturated carbocycles. The highest BCUT2D eigenvalue weighted by Gasteiger charge is 2.23. The Labute approximate surface area is 137 Å². The van der Waals surface area contributed by atoms with Gasteiger partial charge in [0.2, 0.25) is 0 Å². The van der Waals surface area contributed by atoms with Crippen LogP contribution in [0.25, 0.3) is 10.1 Å². The molecule has 0 aliphatic heterocycles. The fourth-order valence-corrected chi connectivity index (χ4v) is 3.97. The second-order valence-electron chi connectivity index (χ2n) is 5.78. The number of carbonyl (C=O) groups is 2. The highest BCUT2D eigenvalue weighted by molar-refractivity contribution is 7.20. The Morgan fingerprint density at radius 1 is 1.26 bits per heavy atom. The van der Waals surface area contributed by atoms with Crippen LogP contribution in [-0.4, -0.2) is 23.0 Å². The van der Waals surface area contributed by atoms with Crippen molar-refractivity contribution in [2.24, 2.45) is 5.92 Å². The molecule has 1 aromatic carbocycles. The van der Waals surface area contributed by atoms with Crippen molar-refractivity contribution >= 4 is 33.3 Å². The Morgan fingerprint density at radius 3 is 2.65 bits per heavy atom. The third-order valence-electron chi connectivity index (χ3n) is 4.26. The van der Waals surface area contributed by atoms with Gasteiger partial charge in [-0.15, -0.1) is 11.3 Å². The molecule has 3 rings (SSSR count). The largest absolute Gasteiger partial charge is 0.478 e. The summed E-state index contributed by atoms with van der Waals surface area (Å²) in [5, 5.41) is 21.7. The third-order valence-corrected chi connectivity index (χ3v) is 5.36. The number of rotatable bonds is 3. The number of thiophene rings is 1. The van der Waals surface area contributed by atoms with Crippen LogP contribution in [0.3, 0.4) is 0 Å². The summed E-state index contributed by atoms with van der Waals surface area (Å²) in [6.07, 6.45) is 3.26. The van der Waals surface area contributed by atoms with Crippen molar-refractivity contribution in [1.29, 1.82) is 5.26 Å². The van der Waals surface area contributed by atoms with Crippen LogP contribution in [0.15, 0.2) is 24.3 Å². The first kappa shape index (κ1) is 15.5. The number of carboxylic acids is 1. The molecule has 0 radical (unpaired) electrons. The number of amides is 1. The molecule has 0 saturated heterocycles. The molecule has 0 atom stereocenters. The maximum atomic E-state index is 12.4. The number of nitrogens with zero attached hydrogens (tertiary/aromatic N) is 1. The van der Waals surface area contributed by atoms with Crippen molar-refractivity contribution in [2.45, 2.75) is 31.7 Å². The van der Waals surface area contributed by atoms with Gasteiger partial charge in [-0.2, -0.15) is 5.26 Å². The van der Waals surface area contributed by atoms with Gasteiger partial charge in [0.1, 0.15) is 0 Å². The molecule has 6 heteroatoms. The van der Waals surface area contributed by atoms with Gasteiger partial charge < -0.3 is 10.4 Å². The number of fused-ring (bicyclic) bond motifs is 1. The quantitative estimate of drug-likeness (QED) is 0.903. The van der Waals surface area contributed by atoms with Gasteiger partial charge in [0.05, 0.1) is 16.5 Å². The molecule has 0 bridgehead atoms. The van der Waals surface area contributed by atoms with Crippen LogP contribution in [0, 0.1) is 17.2 Å². The van der Waals surface area contributed by atoms with Gasteiger partial charge in [0, 0.05) is 22.0 Å². The predicted molar refractivity (Wildman–Crippen MR) is 87.6 cm³/mol. The number of hydrogen-bond donors (Lipinski definition) is 2. The Morgan fingerprint density at radius 2 is 2.00 bits per heavy atom. The van der Waals surface area contributed by atoms with Gasteiger partial charge in [-0.25, -0.2) is 4.79 Å². The molecule has 23 heavy (non-hydrogen) atoms. The topological polar surface area (TPSA) is 90.2 Å². The molecule has 5 nitrogen and oxygen atoms in total. The van der Waals surface area contributed by atoms with Crippen molar-refractivity contribution in [2.75, 3.05) is 0 Å². The van der Waals surface area contributed by atoms with Crippen LogP contribution in [0.2, 0.25) is 0 Å². The second kappa shape index (κ2) is 6.39. The molecule has 2 aromatic rings. The minimum Gasteiger partial charge on any atom is -0.478 e. The standard InChI is InChI=1S/C17H16N2O3S/c18-9-10-4-6-11(7-5-10)19-16(20)15-8-13-12(17(21)22)2-1-3-14(13)23-15/h1-3,8,10-11H,4-7H2,(H,19,20)(H,21,22). The van der Waals surface area contributed by atoms with Crippen molar-refractivity contribution in [3.8, 4) is 6.07 Å². The summed E-state index contributed by atoms with van der Waals surface area (Å²) in [5.41, 5.74) is 0.215. The SMILES string of the molecule is N#CC1CCC(NC(=O)c2cc3c(C(=O)O)cccc3s2)CC1. The zero-order valence-corrected chi connectivity index (χ0v) is 13.2. The van der Waals surface area contributed by atoms with Crippen molar-refractivity contribution in [3.05, 3.63) is 34.7 Å². The summed E-state index contributed by atoms with van der Waals surface area (Å²) in [6.45, 7) is 0. The lowest BCUT2D eigenvalue weighted by molar-refractivity contribution is 0.0698. The number of carboxylic acid groups (broad SMARTS) is 1. The summed E-state index contributed by atoms with van der Waals surface area (Å²) in [4.78, 5) is 24.2. The zero-order chi connectivity index (χ0) is 16.4. The summed E-state index contributed by atoms with van der Waals surface area (Å²) in [7, 11) is 0. The highest BCUT2D eigenvalue weighted by atomic mass is 32.1. The lowest BCUT2D eigenvalue weighted by atomic mass is 9.87. The Balaban J connectivity index is 1.76. The number of aromatic carboxylic acids is 1. The average Bonchev–Trinajstić information content (AvgIpc) is 2.99. The van der Waals surface area contributed by atoms with Crippen molar-refractivity contribution < 1.29 is 14.7 Å². The summed E-state index contributed by atoms with van der Waals surface area (Å²) in [6, 6.07) is 9.08. The number of carbonyl (C=O) groups excluding carboxylic acids is 1. The van der Waals surface area contributed by atoms with E-state index in [1.165, 1.54) is 11.3 Å². The van der Waals surface area contributed by atoms with E-state index in [1.807, 2.05) is 6.07 Å². The highest BCUT2D eigenvalue weighted by Crippen LogP contribution is 2.29. The predicted octanol–water partition coefficient (Wildman–Crippen LogP) is 3.41. The molecule has 0 unspecified atom stereocenters. The van der Waals surface area contributed by atoms with E-state index in [0.717, 1.165) is 30.4 Å². The number of nitrogens with one attached hydrogen (secondary N) is 1. The van der Waals surface area contributed by atoms with Gasteiger partial charge in [-0.3, -0.25) is 4.79 Å². The first-order valence-electron chi connectivity index (χ1n) is 7.55. The smallest absolute Gasteiger partial charge is 0.336 e. The van der Waals surface area contributed by atoms with Crippen LogP contribution >= 0.6 is 11.3 Å². The number of nitriles is 1. The molecule has 1 aliphatic rings. The van der Waals surface area contributed by atoms with Gasteiger partial charge in [0.15, 0.2) is 0 Å². The van der Waals surface area contributed by atoms with Crippen LogP contribution in [-0.2, 0) is 0 Å². The van der Waals surface area contributed by atoms with E-state index in [9.17, 15) is 14.7 Å². The molecule has 1 aliphatic carbocycles. The molecule has 1 aromatic heterocycles. The van der Waals surface area contributed by atoms with E-state index in [4.69, 9.17) is 5.26 Å². The molecule has 0 spiro atoms. The fourth-order valence-electron chi connectivity index (χ4n) is 2.98. The maximum Gasteiger partial charge on any atom is 0.336 e. The zero-order valence-electron chi connectivity index (χ0n) is 12.4. The molecule has 1 heterocycles. The van der Waals surface area contributed by atoms with Crippen LogP contribution in [0.5, 0.6) is 0 Å². The fraction of sp³-hybridized carbons (Fsp3) is 0.353. The first-order chi connectivity index (χ1) is 11.1. The Bertz CT molecular complexity index is 798. The maximum absolute atomic E-state index is 12.4. The van der Waals surface area contributed by atoms with E-state index in [-0.39, 0.29) is 23.4 Å². The summed E-state index contributed by atoms with van der Waals surface area (Å²) >= 11 is 1.30. The Kier molecular flexibility index (Phi) is 4.30. The minimum absolute atomic E-state index is 0.0938. The van der Waals surface area contributed by atoms with Crippen LogP contribution in [0.1, 0.15) is 45.7 Å². The van der Waals surface area contributed by atoms with E-state index in [0.29, 0.717) is 10.3 Å². The van der Waals surface area contributed by atoms with Gasteiger partial charge >= 0.3 is 5.97 Å². The van der Waals surface area contributed by atoms with Crippen LogP contribution < -0.4 is 5.32 Å². The van der Waals surface area contributed by atoms with E-state index < -0.39 is 5.97 Å². The molecule has 118 valence electrons. The lowest BCUT2D eigenvalue weighted by Gasteiger charge is -2.25. The molecule has 1 fully saturated rings. The van der Waals surface area contributed by atoms with E-state index in [2.05, 4.69) is 11.4 Å². The van der Waals surface area contributed by atoms with Gasteiger partial charge in [-0.05, 0) is 43.9 Å². The number of benzene rings is 1. The van der Waals surface area contributed by atoms with Crippen molar-refractivity contribution in [3.63, 3.8) is 0 Å². The second-order valence-corrected chi connectivity index (χ2v) is 6.87. The van der Waals surface area contributed by atoms with Crippen LogP contribution in [0.4, 0.5) is 0 Å². The third kappa shape index (κ3) is 3.20. The van der Waals surface area contributed by atoms with E-state index in [1.54, 1.807) is 18.2 Å². The monoisotopic (exact) mass is 328 g/mol. The molecule has 1 amide bonds. The van der Waals surface area contributed by atoms with E-state index >= 15 is 0 Å². The lowest BCUT2D eigenvalue weighted by Crippen LogP contribution is -2.37. The first-order valence-corrected chi connectivity index (χ1v) is 8.36. The minimum atomic E-state index is -0.991. The molecular formula is C17H16N2O3S. The van der Waals surface area contributed by atoms with Gasteiger partial charge in [0.25, 0.3) is 5.91 Å². The number of hydrogen-bond acceptors (Lipinski definition) is 4. The molecular weight excluding hydrogens is 312 g/mol. The summed E-state index contributed by atoms with van der Waals surface area (Å²) < 4.78 is 0.795. The normalized spacial score (nSPS) is 20.8. The molecule has 2 N–H and O–H groups in total. The van der Waals surface area contributed by atoms with Gasteiger partial charge in [-0.1, -0.05) is 6.07 Å². The average molecular weight is 328 g/mol. The van der Waals surface area contributed by atoms with Crippen molar-refractivity contribution in [1.82, 2.24) is 5.32 Å².